The first-order chi connectivity index (χ1) is 14.2. The molecule has 3 aromatic carbocycles. The first kappa shape index (κ1) is 18.9. The lowest BCUT2D eigenvalue weighted by Gasteiger charge is -2.11. The maximum atomic E-state index is 12.2. The van der Waals surface area contributed by atoms with E-state index in [9.17, 15) is 4.79 Å². The summed E-state index contributed by atoms with van der Waals surface area (Å²) in [7, 11) is 0. The highest BCUT2D eigenvalue weighted by Gasteiger charge is 2.10. The van der Waals surface area contributed by atoms with Crippen molar-refractivity contribution in [2.75, 3.05) is 13.2 Å². The number of fused-ring (bicyclic) bond motifs is 3. The maximum absolute atomic E-state index is 12.2. The highest BCUT2D eigenvalue weighted by molar-refractivity contribution is 6.05. The Bertz CT molecular complexity index is 1130. The minimum atomic E-state index is -0.293. The molecule has 5 heteroatoms. The number of hydrogen-bond donors (Lipinski definition) is 0. The van der Waals surface area contributed by atoms with E-state index in [1.54, 1.807) is 6.07 Å². The normalized spacial score (nSPS) is 10.9. The summed E-state index contributed by atoms with van der Waals surface area (Å²) in [5.74, 6) is 1.61. The maximum Gasteiger partial charge on any atom is 0.311 e. The van der Waals surface area contributed by atoms with Gasteiger partial charge in [-0.3, -0.25) is 4.79 Å². The monoisotopic (exact) mass is 390 g/mol. The van der Waals surface area contributed by atoms with Crippen LogP contribution in [0, 0.1) is 0 Å². The van der Waals surface area contributed by atoms with Crippen molar-refractivity contribution >= 4 is 27.9 Å². The van der Waals surface area contributed by atoms with Gasteiger partial charge in [0.1, 0.15) is 16.9 Å². The van der Waals surface area contributed by atoms with Crippen LogP contribution in [0.15, 0.2) is 71.1 Å². The van der Waals surface area contributed by atoms with Crippen molar-refractivity contribution in [3.05, 3.63) is 66.7 Å². The zero-order chi connectivity index (χ0) is 20.1. The number of furan rings is 1. The highest BCUT2D eigenvalue weighted by atomic mass is 16.5. The van der Waals surface area contributed by atoms with E-state index in [0.29, 0.717) is 36.9 Å². The minimum Gasteiger partial charge on any atom is -0.490 e. The predicted molar refractivity (Wildman–Crippen MR) is 112 cm³/mol. The van der Waals surface area contributed by atoms with Gasteiger partial charge in [-0.05, 0) is 49.7 Å². The van der Waals surface area contributed by atoms with Gasteiger partial charge in [-0.15, -0.1) is 0 Å². The first-order valence-corrected chi connectivity index (χ1v) is 9.71. The molecule has 1 aromatic heterocycles. The summed E-state index contributed by atoms with van der Waals surface area (Å²) >= 11 is 0. The minimum absolute atomic E-state index is 0.265. The molecule has 0 saturated carbocycles. The zero-order valence-electron chi connectivity index (χ0n) is 16.2. The van der Waals surface area contributed by atoms with Gasteiger partial charge in [-0.1, -0.05) is 30.3 Å². The smallest absolute Gasteiger partial charge is 0.311 e. The van der Waals surface area contributed by atoms with E-state index in [-0.39, 0.29) is 12.4 Å². The SMILES string of the molecule is CCOc1ccccc1OCCCC(=O)Oc1ccc2oc3ccccc3c2c1. The second-order valence-electron chi connectivity index (χ2n) is 6.56. The van der Waals surface area contributed by atoms with E-state index >= 15 is 0 Å². The third-order valence-corrected chi connectivity index (χ3v) is 4.51. The van der Waals surface area contributed by atoms with Crippen LogP contribution in [0.25, 0.3) is 21.9 Å². The zero-order valence-corrected chi connectivity index (χ0v) is 16.2. The Morgan fingerprint density at radius 3 is 2.41 bits per heavy atom. The number of carbonyl (C=O) groups excluding carboxylic acids is 1. The fraction of sp³-hybridized carbons (Fsp3) is 0.208. The first-order valence-electron chi connectivity index (χ1n) is 9.71. The van der Waals surface area contributed by atoms with Crippen LogP contribution < -0.4 is 14.2 Å². The van der Waals surface area contributed by atoms with Crippen LogP contribution in [0.2, 0.25) is 0 Å². The van der Waals surface area contributed by atoms with Crippen molar-refractivity contribution in [2.24, 2.45) is 0 Å². The topological polar surface area (TPSA) is 57.9 Å². The number of carbonyl (C=O) groups is 1. The summed E-state index contributed by atoms with van der Waals surface area (Å²) in [5.41, 5.74) is 1.59. The number of esters is 1. The molecule has 4 rings (SSSR count). The van der Waals surface area contributed by atoms with Crippen LogP contribution in [0.5, 0.6) is 17.2 Å². The summed E-state index contributed by atoms with van der Waals surface area (Å²) in [6, 6.07) is 20.7. The molecule has 1 heterocycles. The van der Waals surface area contributed by atoms with Gasteiger partial charge in [0.05, 0.1) is 13.2 Å². The van der Waals surface area contributed by atoms with E-state index < -0.39 is 0 Å². The van der Waals surface area contributed by atoms with Crippen molar-refractivity contribution < 1.29 is 23.4 Å². The molecule has 0 saturated heterocycles. The number of benzene rings is 3. The molecule has 29 heavy (non-hydrogen) atoms. The van der Waals surface area contributed by atoms with Crippen molar-refractivity contribution in [2.45, 2.75) is 19.8 Å². The molecule has 0 N–H and O–H groups in total. The Kier molecular flexibility index (Phi) is 5.66. The number of para-hydroxylation sites is 3. The molecule has 148 valence electrons. The van der Waals surface area contributed by atoms with Gasteiger partial charge < -0.3 is 18.6 Å². The molecular formula is C24H22O5. The summed E-state index contributed by atoms with van der Waals surface area (Å²) in [6.07, 6.45) is 0.817. The predicted octanol–water partition coefficient (Wildman–Crippen LogP) is 5.75. The molecule has 0 aliphatic rings. The van der Waals surface area contributed by atoms with E-state index in [4.69, 9.17) is 18.6 Å². The van der Waals surface area contributed by atoms with Crippen LogP contribution in [-0.4, -0.2) is 19.2 Å². The second-order valence-corrected chi connectivity index (χ2v) is 6.56. The van der Waals surface area contributed by atoms with Gasteiger partial charge in [0.25, 0.3) is 0 Å². The third-order valence-electron chi connectivity index (χ3n) is 4.51. The Morgan fingerprint density at radius 2 is 1.59 bits per heavy atom. The van der Waals surface area contributed by atoms with Crippen LogP contribution in [0.3, 0.4) is 0 Å². The van der Waals surface area contributed by atoms with Gasteiger partial charge >= 0.3 is 5.97 Å². The van der Waals surface area contributed by atoms with Crippen LogP contribution >= 0.6 is 0 Å². The Balaban J connectivity index is 1.32. The van der Waals surface area contributed by atoms with Gasteiger partial charge in [-0.25, -0.2) is 0 Å². The molecule has 0 radical (unpaired) electrons. The molecule has 0 amide bonds. The van der Waals surface area contributed by atoms with Gasteiger partial charge in [-0.2, -0.15) is 0 Å². The van der Waals surface area contributed by atoms with Crippen LogP contribution in [0.1, 0.15) is 19.8 Å². The Morgan fingerprint density at radius 1 is 0.862 bits per heavy atom. The van der Waals surface area contributed by atoms with Crippen LogP contribution in [-0.2, 0) is 4.79 Å². The highest BCUT2D eigenvalue weighted by Crippen LogP contribution is 2.31. The molecule has 0 aliphatic carbocycles. The summed E-state index contributed by atoms with van der Waals surface area (Å²) in [6.45, 7) is 2.91. The Hall–Kier alpha value is -3.47. The van der Waals surface area contributed by atoms with Crippen molar-refractivity contribution in [3.63, 3.8) is 0 Å². The Labute approximate surface area is 168 Å². The van der Waals surface area contributed by atoms with Crippen molar-refractivity contribution in [1.82, 2.24) is 0 Å². The third kappa shape index (κ3) is 4.35. The fourth-order valence-corrected chi connectivity index (χ4v) is 3.19. The molecule has 0 atom stereocenters. The lowest BCUT2D eigenvalue weighted by Crippen LogP contribution is -2.10. The molecule has 0 bridgehead atoms. The average Bonchev–Trinajstić information content (AvgIpc) is 3.10. The van der Waals surface area contributed by atoms with E-state index in [1.165, 1.54) is 0 Å². The van der Waals surface area contributed by atoms with E-state index in [1.807, 2.05) is 67.6 Å². The lowest BCUT2D eigenvalue weighted by molar-refractivity contribution is -0.134. The van der Waals surface area contributed by atoms with Crippen molar-refractivity contribution in [1.29, 1.82) is 0 Å². The molecule has 0 spiro atoms. The van der Waals surface area contributed by atoms with Gasteiger partial charge in [0.2, 0.25) is 0 Å². The van der Waals surface area contributed by atoms with E-state index in [0.717, 1.165) is 21.9 Å². The lowest BCUT2D eigenvalue weighted by atomic mass is 10.1. The molecule has 4 aromatic rings. The van der Waals surface area contributed by atoms with Crippen molar-refractivity contribution in [3.8, 4) is 17.2 Å². The summed E-state index contributed by atoms with van der Waals surface area (Å²) < 4.78 is 22.6. The van der Waals surface area contributed by atoms with E-state index in [2.05, 4.69) is 0 Å². The van der Waals surface area contributed by atoms with Gasteiger partial charge in [0.15, 0.2) is 11.5 Å². The number of ether oxygens (including phenoxy) is 3. The molecule has 0 fully saturated rings. The summed E-state index contributed by atoms with van der Waals surface area (Å²) in [5, 5.41) is 1.93. The molecular weight excluding hydrogens is 368 g/mol. The molecule has 0 aliphatic heterocycles. The largest absolute Gasteiger partial charge is 0.490 e. The fourth-order valence-electron chi connectivity index (χ4n) is 3.19. The molecule has 5 nitrogen and oxygen atoms in total. The summed E-state index contributed by atoms with van der Waals surface area (Å²) in [4.78, 5) is 12.2. The standard InChI is InChI=1S/C24H22O5/c1-2-26-22-10-5-6-11-23(22)27-15-7-12-24(25)28-17-13-14-21-19(16-17)18-8-3-4-9-20(18)29-21/h3-6,8-11,13-14,16H,2,7,12,15H2,1H3. The van der Waals surface area contributed by atoms with Gasteiger partial charge in [0, 0.05) is 17.2 Å². The number of rotatable bonds is 8. The quantitative estimate of drug-likeness (QED) is 0.218. The van der Waals surface area contributed by atoms with Crippen LogP contribution in [0.4, 0.5) is 0 Å². The molecule has 0 unspecified atom stereocenters. The number of hydrogen-bond acceptors (Lipinski definition) is 5. The second kappa shape index (κ2) is 8.69. The average molecular weight is 390 g/mol.